The summed E-state index contributed by atoms with van der Waals surface area (Å²) in [5.41, 5.74) is 0.705. The van der Waals surface area contributed by atoms with Gasteiger partial charge in [0.1, 0.15) is 5.75 Å². The summed E-state index contributed by atoms with van der Waals surface area (Å²) in [5.74, 6) is -0.0955. The van der Waals surface area contributed by atoms with Crippen LogP contribution in [0.3, 0.4) is 0 Å². The van der Waals surface area contributed by atoms with Crippen LogP contribution in [0, 0.1) is 0 Å². The average molecular weight is 388 g/mol. The van der Waals surface area contributed by atoms with Crippen molar-refractivity contribution in [3.63, 3.8) is 0 Å². The lowest BCUT2D eigenvalue weighted by molar-refractivity contribution is -0.129. The Morgan fingerprint density at radius 3 is 2.41 bits per heavy atom. The van der Waals surface area contributed by atoms with Crippen LogP contribution in [0.1, 0.15) is 26.3 Å². The third kappa shape index (κ3) is 4.60. The number of para-hydroxylation sites is 2. The molecule has 27 heavy (non-hydrogen) atoms. The van der Waals surface area contributed by atoms with Crippen molar-refractivity contribution in [3.8, 4) is 5.75 Å². The van der Waals surface area contributed by atoms with Crippen LogP contribution in [0.5, 0.6) is 5.75 Å². The number of ether oxygens (including phenoxy) is 1. The van der Waals surface area contributed by atoms with Crippen molar-refractivity contribution in [2.75, 3.05) is 10.8 Å². The number of hydrogen-bond acceptors (Lipinski definition) is 4. The molecule has 0 saturated carbocycles. The maximum atomic E-state index is 13.1. The Bertz CT molecular complexity index is 920. The smallest absolute Gasteiger partial charge is 0.263 e. The molecular weight excluding hydrogens is 364 g/mol. The molecule has 1 atom stereocenters. The van der Waals surface area contributed by atoms with E-state index in [0.29, 0.717) is 17.0 Å². The van der Waals surface area contributed by atoms with Crippen molar-refractivity contribution in [2.24, 2.45) is 0 Å². The Labute approximate surface area is 160 Å². The van der Waals surface area contributed by atoms with Gasteiger partial charge in [0.2, 0.25) is 10.0 Å². The van der Waals surface area contributed by atoms with Gasteiger partial charge in [0.25, 0.3) is 5.91 Å². The van der Waals surface area contributed by atoms with Crippen molar-refractivity contribution in [1.82, 2.24) is 5.32 Å². The molecule has 0 spiro atoms. The largest absolute Gasteiger partial charge is 0.476 e. The predicted molar refractivity (Wildman–Crippen MR) is 105 cm³/mol. The molecule has 1 aliphatic heterocycles. The Balaban J connectivity index is 1.92. The molecule has 1 amide bonds. The molecule has 6 nitrogen and oxygen atoms in total. The third-order valence-electron chi connectivity index (χ3n) is 4.05. The summed E-state index contributed by atoms with van der Waals surface area (Å²) in [4.78, 5) is 12.6. The first-order chi connectivity index (χ1) is 12.7. The van der Waals surface area contributed by atoms with Gasteiger partial charge in [-0.25, -0.2) is 8.42 Å². The molecule has 0 saturated heterocycles. The molecule has 2 aromatic carbocycles. The monoisotopic (exact) mass is 388 g/mol. The fourth-order valence-electron chi connectivity index (χ4n) is 2.92. The van der Waals surface area contributed by atoms with Gasteiger partial charge in [-0.05, 0) is 38.5 Å². The summed E-state index contributed by atoms with van der Waals surface area (Å²) in [5, 5.41) is 2.86. The molecule has 0 bridgehead atoms. The molecule has 144 valence electrons. The Morgan fingerprint density at radius 2 is 1.74 bits per heavy atom. The molecular formula is C20H24N2O4S. The average Bonchev–Trinajstić information content (AvgIpc) is 2.59. The Kier molecular flexibility index (Phi) is 5.15. The molecule has 0 aliphatic carbocycles. The molecule has 3 rings (SSSR count). The lowest BCUT2D eigenvalue weighted by Crippen LogP contribution is -2.54. The van der Waals surface area contributed by atoms with Crippen LogP contribution in [-0.4, -0.2) is 32.5 Å². The van der Waals surface area contributed by atoms with Gasteiger partial charge in [-0.15, -0.1) is 0 Å². The van der Waals surface area contributed by atoms with Crippen molar-refractivity contribution in [3.05, 3.63) is 60.2 Å². The summed E-state index contributed by atoms with van der Waals surface area (Å²) in [7, 11) is -3.69. The van der Waals surface area contributed by atoms with E-state index in [4.69, 9.17) is 4.74 Å². The van der Waals surface area contributed by atoms with Gasteiger partial charge in [-0.1, -0.05) is 42.5 Å². The lowest BCUT2D eigenvalue weighted by Gasteiger charge is -2.35. The van der Waals surface area contributed by atoms with E-state index in [1.165, 1.54) is 4.31 Å². The summed E-state index contributed by atoms with van der Waals surface area (Å²) >= 11 is 0. The number of benzene rings is 2. The number of nitrogens with one attached hydrogen (secondary N) is 1. The molecule has 7 heteroatoms. The molecule has 0 fully saturated rings. The van der Waals surface area contributed by atoms with Crippen LogP contribution < -0.4 is 14.4 Å². The van der Waals surface area contributed by atoms with E-state index in [0.717, 1.165) is 0 Å². The summed E-state index contributed by atoms with van der Waals surface area (Å²) < 4.78 is 33.3. The molecule has 1 aliphatic rings. The Morgan fingerprint density at radius 1 is 1.11 bits per heavy atom. The minimum atomic E-state index is -3.69. The normalized spacial score (nSPS) is 17.0. The zero-order chi connectivity index (χ0) is 19.7. The molecule has 1 heterocycles. The quantitative estimate of drug-likeness (QED) is 0.874. The van der Waals surface area contributed by atoms with E-state index in [-0.39, 0.29) is 18.2 Å². The van der Waals surface area contributed by atoms with Crippen molar-refractivity contribution in [2.45, 2.75) is 38.2 Å². The van der Waals surface area contributed by atoms with Gasteiger partial charge in [0.05, 0.1) is 18.0 Å². The van der Waals surface area contributed by atoms with E-state index >= 15 is 0 Å². The number of anilines is 1. The highest BCUT2D eigenvalue weighted by molar-refractivity contribution is 7.92. The lowest BCUT2D eigenvalue weighted by atomic mass is 10.1. The second-order valence-electron chi connectivity index (χ2n) is 7.59. The SMILES string of the molecule is CC(C)(C)NC(=O)[C@@H]1CN(S(=O)(=O)Cc2ccccc2)c2ccccc2O1. The van der Waals surface area contributed by atoms with E-state index < -0.39 is 21.7 Å². The standard InChI is InChI=1S/C20H24N2O4S/c1-20(2,3)21-19(23)18-13-22(16-11-7-8-12-17(16)26-18)27(24,25)14-15-9-5-4-6-10-15/h4-12,18H,13-14H2,1-3H3,(H,21,23)/t18-/m0/s1. The minimum absolute atomic E-state index is 0.0614. The van der Waals surface area contributed by atoms with Crippen LogP contribution in [0.25, 0.3) is 0 Å². The number of carbonyl (C=O) groups is 1. The van der Waals surface area contributed by atoms with Crippen LogP contribution in [-0.2, 0) is 20.6 Å². The fourth-order valence-corrected chi connectivity index (χ4v) is 4.50. The highest BCUT2D eigenvalue weighted by Gasteiger charge is 2.37. The fraction of sp³-hybridized carbons (Fsp3) is 0.350. The van der Waals surface area contributed by atoms with Crippen LogP contribution >= 0.6 is 0 Å². The van der Waals surface area contributed by atoms with E-state index in [1.54, 1.807) is 48.5 Å². The van der Waals surface area contributed by atoms with Crippen molar-refractivity contribution >= 4 is 21.6 Å². The topological polar surface area (TPSA) is 75.7 Å². The first-order valence-corrected chi connectivity index (χ1v) is 10.4. The minimum Gasteiger partial charge on any atom is -0.476 e. The highest BCUT2D eigenvalue weighted by atomic mass is 32.2. The summed E-state index contributed by atoms with van der Waals surface area (Å²) in [6, 6.07) is 15.9. The number of amides is 1. The highest BCUT2D eigenvalue weighted by Crippen LogP contribution is 2.35. The van der Waals surface area contributed by atoms with E-state index in [9.17, 15) is 13.2 Å². The summed E-state index contributed by atoms with van der Waals surface area (Å²) in [6.45, 7) is 5.54. The van der Waals surface area contributed by atoms with Crippen molar-refractivity contribution < 1.29 is 17.9 Å². The number of nitrogens with zero attached hydrogens (tertiary/aromatic N) is 1. The maximum absolute atomic E-state index is 13.1. The number of rotatable bonds is 4. The second-order valence-corrected chi connectivity index (χ2v) is 9.48. The third-order valence-corrected chi connectivity index (χ3v) is 5.77. The number of hydrogen-bond donors (Lipinski definition) is 1. The zero-order valence-corrected chi connectivity index (χ0v) is 16.5. The van der Waals surface area contributed by atoms with Crippen LogP contribution in [0.4, 0.5) is 5.69 Å². The number of sulfonamides is 1. The van der Waals surface area contributed by atoms with Gasteiger partial charge in [0, 0.05) is 5.54 Å². The van der Waals surface area contributed by atoms with E-state index in [1.807, 2.05) is 26.8 Å². The molecule has 1 N–H and O–H groups in total. The van der Waals surface area contributed by atoms with Gasteiger partial charge in [0.15, 0.2) is 6.10 Å². The first-order valence-electron chi connectivity index (χ1n) is 8.78. The van der Waals surface area contributed by atoms with Gasteiger partial charge < -0.3 is 10.1 Å². The maximum Gasteiger partial charge on any atom is 0.263 e. The number of fused-ring (bicyclic) bond motifs is 1. The predicted octanol–water partition coefficient (Wildman–Crippen LogP) is 2.70. The van der Waals surface area contributed by atoms with Crippen LogP contribution in [0.15, 0.2) is 54.6 Å². The van der Waals surface area contributed by atoms with Crippen molar-refractivity contribution in [1.29, 1.82) is 0 Å². The number of carbonyl (C=O) groups excluding carboxylic acids is 1. The Hall–Kier alpha value is -2.54. The molecule has 0 aromatic heterocycles. The summed E-state index contributed by atoms with van der Waals surface area (Å²) in [6.07, 6.45) is -0.912. The first kappa shape index (κ1) is 19.2. The second kappa shape index (κ2) is 7.23. The molecule has 0 unspecified atom stereocenters. The van der Waals surface area contributed by atoms with Crippen LogP contribution in [0.2, 0.25) is 0 Å². The molecule has 2 aromatic rings. The van der Waals surface area contributed by atoms with Gasteiger partial charge in [-0.2, -0.15) is 0 Å². The molecule has 0 radical (unpaired) electrons. The van der Waals surface area contributed by atoms with Gasteiger partial charge in [-0.3, -0.25) is 9.10 Å². The zero-order valence-electron chi connectivity index (χ0n) is 15.7. The van der Waals surface area contributed by atoms with Gasteiger partial charge >= 0.3 is 0 Å². The van der Waals surface area contributed by atoms with E-state index in [2.05, 4.69) is 5.32 Å².